The van der Waals surface area contributed by atoms with Crippen LogP contribution in [0, 0.1) is 6.92 Å². The molecule has 0 unspecified atom stereocenters. The van der Waals surface area contributed by atoms with E-state index < -0.39 is 0 Å². The molecule has 1 aromatic heterocycles. The van der Waals surface area contributed by atoms with E-state index in [4.69, 9.17) is 0 Å². The first-order valence-electron chi connectivity index (χ1n) is 6.92. The predicted molar refractivity (Wildman–Crippen MR) is 82.2 cm³/mol. The topological polar surface area (TPSA) is 30.0 Å². The third-order valence-electron chi connectivity index (χ3n) is 3.35. The van der Waals surface area contributed by atoms with Crippen LogP contribution in [0.3, 0.4) is 0 Å². The summed E-state index contributed by atoms with van der Waals surface area (Å²) in [5, 5.41) is 0. The van der Waals surface area contributed by atoms with Crippen LogP contribution < -0.4 is 0 Å². The zero-order valence-electron chi connectivity index (χ0n) is 12.6. The van der Waals surface area contributed by atoms with Crippen LogP contribution in [-0.4, -0.2) is 10.8 Å². The SMILES string of the molecule is Cc1ccc(CC(=O)c2ccccc2C(C)(C)C)nc1. The fourth-order valence-electron chi connectivity index (χ4n) is 2.24. The molecule has 0 aliphatic heterocycles. The molecule has 0 aliphatic carbocycles. The average Bonchev–Trinajstić information content (AvgIpc) is 2.40. The van der Waals surface area contributed by atoms with E-state index in [2.05, 4.69) is 25.8 Å². The van der Waals surface area contributed by atoms with Crippen LogP contribution in [0.5, 0.6) is 0 Å². The second-order valence-corrected chi connectivity index (χ2v) is 6.22. The molecule has 0 aliphatic rings. The molecule has 1 heterocycles. The summed E-state index contributed by atoms with van der Waals surface area (Å²) in [4.78, 5) is 16.8. The van der Waals surface area contributed by atoms with Gasteiger partial charge >= 0.3 is 0 Å². The van der Waals surface area contributed by atoms with E-state index in [-0.39, 0.29) is 11.2 Å². The number of nitrogens with zero attached hydrogens (tertiary/aromatic N) is 1. The van der Waals surface area contributed by atoms with E-state index in [0.29, 0.717) is 6.42 Å². The Hall–Kier alpha value is -1.96. The van der Waals surface area contributed by atoms with Crippen molar-refractivity contribution in [3.05, 3.63) is 65.0 Å². The van der Waals surface area contributed by atoms with Gasteiger partial charge < -0.3 is 0 Å². The number of hydrogen-bond donors (Lipinski definition) is 0. The normalized spacial score (nSPS) is 11.4. The van der Waals surface area contributed by atoms with E-state index in [1.54, 1.807) is 6.20 Å². The Labute approximate surface area is 120 Å². The maximum Gasteiger partial charge on any atom is 0.169 e. The summed E-state index contributed by atoms with van der Waals surface area (Å²) in [5.41, 5.74) is 3.80. The Balaban J connectivity index is 2.28. The fourth-order valence-corrected chi connectivity index (χ4v) is 2.24. The largest absolute Gasteiger partial charge is 0.294 e. The number of carbonyl (C=O) groups excluding carboxylic acids is 1. The van der Waals surface area contributed by atoms with Gasteiger partial charge in [0.25, 0.3) is 0 Å². The minimum absolute atomic E-state index is 0.0348. The minimum atomic E-state index is -0.0348. The smallest absolute Gasteiger partial charge is 0.169 e. The van der Waals surface area contributed by atoms with Crippen molar-refractivity contribution in [2.24, 2.45) is 0 Å². The van der Waals surface area contributed by atoms with Gasteiger partial charge in [0.15, 0.2) is 5.78 Å². The Morgan fingerprint density at radius 3 is 2.40 bits per heavy atom. The van der Waals surface area contributed by atoms with Gasteiger partial charge in [-0.3, -0.25) is 9.78 Å². The van der Waals surface area contributed by atoms with Crippen molar-refractivity contribution in [1.29, 1.82) is 0 Å². The van der Waals surface area contributed by atoms with Crippen LogP contribution in [-0.2, 0) is 11.8 Å². The van der Waals surface area contributed by atoms with Gasteiger partial charge in [0.2, 0.25) is 0 Å². The molecule has 2 rings (SSSR count). The summed E-state index contributed by atoms with van der Waals surface area (Å²) in [7, 11) is 0. The summed E-state index contributed by atoms with van der Waals surface area (Å²) in [6.07, 6.45) is 2.16. The van der Waals surface area contributed by atoms with Gasteiger partial charge in [0.05, 0.1) is 6.42 Å². The lowest BCUT2D eigenvalue weighted by Crippen LogP contribution is -2.18. The summed E-state index contributed by atoms with van der Waals surface area (Å²) in [5.74, 6) is 0.131. The summed E-state index contributed by atoms with van der Waals surface area (Å²) in [6, 6.07) is 11.8. The van der Waals surface area contributed by atoms with Crippen molar-refractivity contribution in [3.63, 3.8) is 0 Å². The fraction of sp³-hybridized carbons (Fsp3) is 0.333. The molecule has 20 heavy (non-hydrogen) atoms. The highest BCUT2D eigenvalue weighted by Gasteiger charge is 2.21. The van der Waals surface area contributed by atoms with Crippen molar-refractivity contribution < 1.29 is 4.79 Å². The third-order valence-corrected chi connectivity index (χ3v) is 3.35. The maximum absolute atomic E-state index is 12.5. The zero-order valence-corrected chi connectivity index (χ0v) is 12.6. The van der Waals surface area contributed by atoms with Gasteiger partial charge in [-0.05, 0) is 29.5 Å². The van der Waals surface area contributed by atoms with E-state index in [9.17, 15) is 4.79 Å². The second kappa shape index (κ2) is 5.58. The van der Waals surface area contributed by atoms with Gasteiger partial charge in [0.1, 0.15) is 0 Å². The number of carbonyl (C=O) groups is 1. The lowest BCUT2D eigenvalue weighted by atomic mass is 9.82. The average molecular weight is 267 g/mol. The molecule has 0 saturated carbocycles. The zero-order chi connectivity index (χ0) is 14.8. The minimum Gasteiger partial charge on any atom is -0.294 e. The first kappa shape index (κ1) is 14.4. The Bertz CT molecular complexity index is 606. The van der Waals surface area contributed by atoms with Crippen LogP contribution in [0.15, 0.2) is 42.6 Å². The molecule has 0 radical (unpaired) electrons. The van der Waals surface area contributed by atoms with E-state index in [1.165, 1.54) is 0 Å². The van der Waals surface area contributed by atoms with Crippen LogP contribution in [0.2, 0.25) is 0 Å². The molecule has 0 bridgehead atoms. The molecular formula is C18H21NO. The van der Waals surface area contributed by atoms with Crippen molar-refractivity contribution in [2.75, 3.05) is 0 Å². The third kappa shape index (κ3) is 3.32. The van der Waals surface area contributed by atoms with E-state index in [0.717, 1.165) is 22.4 Å². The quantitative estimate of drug-likeness (QED) is 0.783. The van der Waals surface area contributed by atoms with Crippen LogP contribution in [0.4, 0.5) is 0 Å². The molecule has 2 nitrogen and oxygen atoms in total. The Morgan fingerprint density at radius 2 is 1.80 bits per heavy atom. The molecule has 0 atom stereocenters. The van der Waals surface area contributed by atoms with Gasteiger partial charge in [-0.1, -0.05) is 51.1 Å². The number of Topliss-reactive ketones (excluding diaryl/α,β-unsaturated/α-hetero) is 1. The van der Waals surface area contributed by atoms with Crippen LogP contribution in [0.25, 0.3) is 0 Å². The van der Waals surface area contributed by atoms with Crippen molar-refractivity contribution >= 4 is 5.78 Å². The highest BCUT2D eigenvalue weighted by Crippen LogP contribution is 2.26. The second-order valence-electron chi connectivity index (χ2n) is 6.22. The lowest BCUT2D eigenvalue weighted by Gasteiger charge is -2.22. The molecule has 0 saturated heterocycles. The number of benzene rings is 1. The Kier molecular flexibility index (Phi) is 4.03. The van der Waals surface area contributed by atoms with Gasteiger partial charge in [-0.25, -0.2) is 0 Å². The predicted octanol–water partition coefficient (Wildman–Crippen LogP) is 4.11. The van der Waals surface area contributed by atoms with E-state index >= 15 is 0 Å². The van der Waals surface area contributed by atoms with Gasteiger partial charge in [-0.2, -0.15) is 0 Å². The molecule has 0 spiro atoms. The molecule has 2 heteroatoms. The lowest BCUT2D eigenvalue weighted by molar-refractivity contribution is 0.0990. The molecule has 104 valence electrons. The molecule has 0 N–H and O–H groups in total. The van der Waals surface area contributed by atoms with Crippen LogP contribution >= 0.6 is 0 Å². The number of hydrogen-bond acceptors (Lipinski definition) is 2. The summed E-state index contributed by atoms with van der Waals surface area (Å²) >= 11 is 0. The molecule has 0 fully saturated rings. The van der Waals surface area contributed by atoms with Crippen LogP contribution in [0.1, 0.15) is 48.0 Å². The highest BCUT2D eigenvalue weighted by atomic mass is 16.1. The van der Waals surface area contributed by atoms with Crippen molar-refractivity contribution in [3.8, 4) is 0 Å². The first-order chi connectivity index (χ1) is 9.38. The molecule has 1 aromatic carbocycles. The van der Waals surface area contributed by atoms with Gasteiger partial charge in [0, 0.05) is 17.5 Å². The highest BCUT2D eigenvalue weighted by molar-refractivity contribution is 5.99. The standard InChI is InChI=1S/C18H21NO/c1-13-9-10-14(19-12-13)11-17(20)15-7-5-6-8-16(15)18(2,3)4/h5-10,12H,11H2,1-4H3. The number of rotatable bonds is 3. The van der Waals surface area contributed by atoms with Crippen molar-refractivity contribution in [1.82, 2.24) is 4.98 Å². The summed E-state index contributed by atoms with van der Waals surface area (Å²) in [6.45, 7) is 8.38. The Morgan fingerprint density at radius 1 is 1.10 bits per heavy atom. The molecular weight excluding hydrogens is 246 g/mol. The van der Waals surface area contributed by atoms with Gasteiger partial charge in [-0.15, -0.1) is 0 Å². The number of pyridine rings is 1. The molecule has 2 aromatic rings. The monoisotopic (exact) mass is 267 g/mol. The number of aromatic nitrogens is 1. The number of aryl methyl sites for hydroxylation is 1. The van der Waals surface area contributed by atoms with E-state index in [1.807, 2.05) is 43.3 Å². The maximum atomic E-state index is 12.5. The molecule has 0 amide bonds. The first-order valence-corrected chi connectivity index (χ1v) is 6.92. The number of ketones is 1. The summed E-state index contributed by atoms with van der Waals surface area (Å²) < 4.78 is 0. The van der Waals surface area contributed by atoms with Crippen molar-refractivity contribution in [2.45, 2.75) is 39.5 Å².